The standard InChI is InChI=1S/C7H12N4OS/c8-6(12)3-1-2-4-11-5-9-10-7(11)13/h5H,1-4H2,(H2,8,12)(H,10,13). The lowest BCUT2D eigenvalue weighted by molar-refractivity contribution is -0.118. The number of nitrogens with two attached hydrogens (primary N) is 1. The Morgan fingerprint density at radius 1 is 1.69 bits per heavy atom. The molecule has 1 aromatic heterocycles. The molecule has 0 saturated carbocycles. The van der Waals surface area contributed by atoms with Gasteiger partial charge in [-0.3, -0.25) is 9.89 Å². The van der Waals surface area contributed by atoms with Crippen LogP contribution in [0, 0.1) is 4.77 Å². The van der Waals surface area contributed by atoms with Crippen molar-refractivity contribution in [3.8, 4) is 0 Å². The minimum Gasteiger partial charge on any atom is -0.370 e. The fraction of sp³-hybridized carbons (Fsp3) is 0.571. The zero-order chi connectivity index (χ0) is 9.68. The smallest absolute Gasteiger partial charge is 0.217 e. The zero-order valence-electron chi connectivity index (χ0n) is 7.19. The molecule has 5 nitrogen and oxygen atoms in total. The van der Waals surface area contributed by atoms with Crippen LogP contribution < -0.4 is 5.73 Å². The van der Waals surface area contributed by atoms with E-state index in [0.29, 0.717) is 11.2 Å². The van der Waals surface area contributed by atoms with Crippen LogP contribution in [0.25, 0.3) is 0 Å². The molecule has 0 spiro atoms. The molecule has 0 atom stereocenters. The Morgan fingerprint density at radius 3 is 3.00 bits per heavy atom. The summed E-state index contributed by atoms with van der Waals surface area (Å²) in [6, 6.07) is 0. The van der Waals surface area contributed by atoms with Gasteiger partial charge in [0.15, 0.2) is 4.77 Å². The summed E-state index contributed by atoms with van der Waals surface area (Å²) in [6.07, 6.45) is 3.76. The van der Waals surface area contributed by atoms with Crippen LogP contribution in [0.1, 0.15) is 19.3 Å². The van der Waals surface area contributed by atoms with Crippen LogP contribution in [0.5, 0.6) is 0 Å². The monoisotopic (exact) mass is 200 g/mol. The molecule has 0 bridgehead atoms. The van der Waals surface area contributed by atoms with Crippen LogP contribution in [0.2, 0.25) is 0 Å². The van der Waals surface area contributed by atoms with Crippen molar-refractivity contribution in [2.75, 3.05) is 0 Å². The average molecular weight is 200 g/mol. The van der Waals surface area contributed by atoms with Gasteiger partial charge in [-0.2, -0.15) is 5.10 Å². The van der Waals surface area contributed by atoms with Crippen molar-refractivity contribution in [1.82, 2.24) is 14.8 Å². The second-order valence-electron chi connectivity index (χ2n) is 2.78. The lowest BCUT2D eigenvalue weighted by atomic mass is 10.2. The molecule has 0 aliphatic carbocycles. The molecule has 6 heteroatoms. The summed E-state index contributed by atoms with van der Waals surface area (Å²) in [4.78, 5) is 10.4. The average Bonchev–Trinajstić information content (AvgIpc) is 2.45. The first-order chi connectivity index (χ1) is 6.20. The maximum atomic E-state index is 10.4. The number of primary amides is 1. The van der Waals surface area contributed by atoms with Gasteiger partial charge >= 0.3 is 0 Å². The van der Waals surface area contributed by atoms with Crippen LogP contribution in [0.3, 0.4) is 0 Å². The molecule has 3 N–H and O–H groups in total. The van der Waals surface area contributed by atoms with Gasteiger partial charge in [0.2, 0.25) is 5.91 Å². The van der Waals surface area contributed by atoms with E-state index in [9.17, 15) is 4.79 Å². The highest BCUT2D eigenvalue weighted by molar-refractivity contribution is 7.71. The lowest BCUT2D eigenvalue weighted by Crippen LogP contribution is -2.10. The van der Waals surface area contributed by atoms with Gasteiger partial charge in [0.05, 0.1) is 0 Å². The van der Waals surface area contributed by atoms with Crippen LogP contribution >= 0.6 is 12.2 Å². The summed E-state index contributed by atoms with van der Waals surface area (Å²) >= 11 is 4.94. The summed E-state index contributed by atoms with van der Waals surface area (Å²) in [7, 11) is 0. The number of amides is 1. The number of aromatic nitrogens is 3. The van der Waals surface area contributed by atoms with E-state index in [0.717, 1.165) is 19.4 Å². The maximum absolute atomic E-state index is 10.4. The minimum atomic E-state index is -0.254. The van der Waals surface area contributed by atoms with E-state index in [-0.39, 0.29) is 5.91 Å². The Hall–Kier alpha value is -1.17. The number of hydrogen-bond acceptors (Lipinski definition) is 3. The first-order valence-electron chi connectivity index (χ1n) is 4.08. The zero-order valence-corrected chi connectivity index (χ0v) is 8.01. The van der Waals surface area contributed by atoms with E-state index in [1.54, 1.807) is 6.33 Å². The molecule has 0 aliphatic heterocycles. The largest absolute Gasteiger partial charge is 0.370 e. The number of carbonyl (C=O) groups excluding carboxylic acids is 1. The predicted octanol–water partition coefficient (Wildman–Crippen LogP) is 0.596. The van der Waals surface area contributed by atoms with Crippen molar-refractivity contribution in [2.45, 2.75) is 25.8 Å². The van der Waals surface area contributed by atoms with Gasteiger partial charge in [-0.25, -0.2) is 0 Å². The van der Waals surface area contributed by atoms with Gasteiger partial charge in [-0.1, -0.05) is 0 Å². The molecule has 0 aromatic carbocycles. The van der Waals surface area contributed by atoms with Crippen LogP contribution in [0.15, 0.2) is 6.33 Å². The second-order valence-corrected chi connectivity index (χ2v) is 3.17. The highest BCUT2D eigenvalue weighted by atomic mass is 32.1. The fourth-order valence-corrected chi connectivity index (χ4v) is 1.20. The quantitative estimate of drug-likeness (QED) is 0.539. The van der Waals surface area contributed by atoms with Gasteiger partial charge in [0.1, 0.15) is 6.33 Å². The molecule has 0 unspecified atom stereocenters. The maximum Gasteiger partial charge on any atom is 0.217 e. The van der Waals surface area contributed by atoms with Crippen LogP contribution in [-0.2, 0) is 11.3 Å². The number of carbonyl (C=O) groups is 1. The fourth-order valence-electron chi connectivity index (χ4n) is 1.01. The number of rotatable bonds is 5. The third-order valence-electron chi connectivity index (χ3n) is 1.69. The molecule has 72 valence electrons. The summed E-state index contributed by atoms with van der Waals surface area (Å²) in [5.74, 6) is -0.254. The number of H-pyrrole nitrogens is 1. The van der Waals surface area contributed by atoms with Crippen molar-refractivity contribution in [3.63, 3.8) is 0 Å². The summed E-state index contributed by atoms with van der Waals surface area (Å²) in [5, 5.41) is 6.43. The lowest BCUT2D eigenvalue weighted by Gasteiger charge is -1.99. The van der Waals surface area contributed by atoms with Crippen molar-refractivity contribution >= 4 is 18.1 Å². The van der Waals surface area contributed by atoms with E-state index in [1.165, 1.54) is 0 Å². The second kappa shape index (κ2) is 4.76. The van der Waals surface area contributed by atoms with Crippen LogP contribution in [-0.4, -0.2) is 20.7 Å². The number of unbranched alkanes of at least 4 members (excludes halogenated alkanes) is 1. The molecule has 0 aliphatic rings. The van der Waals surface area contributed by atoms with Crippen molar-refractivity contribution in [2.24, 2.45) is 5.73 Å². The number of aromatic amines is 1. The number of nitrogens with one attached hydrogen (secondary N) is 1. The van der Waals surface area contributed by atoms with Gasteiger partial charge in [0, 0.05) is 13.0 Å². The molecule has 1 heterocycles. The SMILES string of the molecule is NC(=O)CCCCn1cn[nH]c1=S. The highest BCUT2D eigenvalue weighted by Gasteiger charge is 1.96. The molecular formula is C7H12N4OS. The molecule has 1 rings (SSSR count). The number of nitrogens with zero attached hydrogens (tertiary/aromatic N) is 2. The Balaban J connectivity index is 2.24. The summed E-state index contributed by atoms with van der Waals surface area (Å²) < 4.78 is 2.44. The molecule has 0 fully saturated rings. The molecular weight excluding hydrogens is 188 g/mol. The van der Waals surface area contributed by atoms with Gasteiger partial charge in [0.25, 0.3) is 0 Å². The third kappa shape index (κ3) is 3.37. The van der Waals surface area contributed by atoms with Crippen molar-refractivity contribution in [1.29, 1.82) is 0 Å². The van der Waals surface area contributed by atoms with Gasteiger partial charge in [-0.15, -0.1) is 0 Å². The predicted molar refractivity (Wildman–Crippen MR) is 50.5 cm³/mol. The normalized spacial score (nSPS) is 10.2. The summed E-state index contributed by atoms with van der Waals surface area (Å²) in [5.41, 5.74) is 5.00. The first-order valence-corrected chi connectivity index (χ1v) is 4.49. The minimum absolute atomic E-state index is 0.254. The molecule has 0 radical (unpaired) electrons. The molecule has 13 heavy (non-hydrogen) atoms. The molecule has 0 saturated heterocycles. The Labute approximate surface area is 80.9 Å². The Bertz CT molecular complexity index is 329. The van der Waals surface area contributed by atoms with E-state index in [4.69, 9.17) is 18.0 Å². The van der Waals surface area contributed by atoms with E-state index >= 15 is 0 Å². The number of aryl methyl sites for hydroxylation is 1. The van der Waals surface area contributed by atoms with E-state index < -0.39 is 0 Å². The first kappa shape index (κ1) is 9.91. The van der Waals surface area contributed by atoms with Crippen molar-refractivity contribution < 1.29 is 4.79 Å². The van der Waals surface area contributed by atoms with E-state index in [2.05, 4.69) is 10.2 Å². The topological polar surface area (TPSA) is 76.7 Å². The highest BCUT2D eigenvalue weighted by Crippen LogP contribution is 1.98. The van der Waals surface area contributed by atoms with Gasteiger partial charge in [-0.05, 0) is 25.1 Å². The summed E-state index contributed by atoms with van der Waals surface area (Å²) in [6.45, 7) is 0.780. The molecule has 1 amide bonds. The molecule has 1 aromatic rings. The van der Waals surface area contributed by atoms with E-state index in [1.807, 2.05) is 4.57 Å². The number of hydrogen-bond donors (Lipinski definition) is 2. The van der Waals surface area contributed by atoms with Gasteiger partial charge < -0.3 is 10.3 Å². The Morgan fingerprint density at radius 2 is 2.46 bits per heavy atom. The Kier molecular flexibility index (Phi) is 3.63. The van der Waals surface area contributed by atoms with Crippen molar-refractivity contribution in [3.05, 3.63) is 11.1 Å². The third-order valence-corrected chi connectivity index (χ3v) is 2.02. The van der Waals surface area contributed by atoms with Crippen LogP contribution in [0.4, 0.5) is 0 Å².